The zero-order valence-electron chi connectivity index (χ0n) is 6.29. The van der Waals surface area contributed by atoms with Gasteiger partial charge in [0.2, 0.25) is 12.5 Å². The molecule has 0 heterocycles. The Balaban J connectivity index is 4.22. The first-order chi connectivity index (χ1) is 5.61. The molecule has 0 amide bonds. The van der Waals surface area contributed by atoms with E-state index < -0.39 is 24.9 Å². The first-order valence-corrected chi connectivity index (χ1v) is 3.04. The fourth-order valence-electron chi connectivity index (χ4n) is 0.570. The van der Waals surface area contributed by atoms with E-state index >= 15 is 0 Å². The Hall–Kier alpha value is -1.29. The third-order valence-corrected chi connectivity index (χ3v) is 1.08. The van der Waals surface area contributed by atoms with Crippen molar-refractivity contribution < 1.29 is 23.1 Å². The first kappa shape index (κ1) is 10.7. The van der Waals surface area contributed by atoms with Crippen LogP contribution in [0.15, 0.2) is 4.99 Å². The molecule has 0 bridgehead atoms. The number of carbonyl (C=O) groups is 1. The highest BCUT2D eigenvalue weighted by atomic mass is 19.3. The summed E-state index contributed by atoms with van der Waals surface area (Å²) in [5, 5.41) is 0. The van der Waals surface area contributed by atoms with Crippen LogP contribution in [-0.4, -0.2) is 31.6 Å². The predicted octanol–water partition coefficient (Wildman–Crippen LogP) is 0.519. The molecular formula is C6H7F2NO3. The van der Waals surface area contributed by atoms with Gasteiger partial charge in [-0.2, -0.15) is 4.99 Å². The summed E-state index contributed by atoms with van der Waals surface area (Å²) in [4.78, 5) is 23.2. The quantitative estimate of drug-likeness (QED) is 0.359. The molecule has 0 aromatic heterocycles. The number of halogens is 2. The highest BCUT2D eigenvalue weighted by Crippen LogP contribution is 2.08. The number of nitrogens with zero attached hydrogens (tertiary/aromatic N) is 1. The van der Waals surface area contributed by atoms with Gasteiger partial charge in [-0.1, -0.05) is 0 Å². The number of hydrogen-bond donors (Lipinski definition) is 0. The second-order valence-corrected chi connectivity index (χ2v) is 1.89. The molecule has 68 valence electrons. The Morgan fingerprint density at radius 1 is 1.67 bits per heavy atom. The Kier molecular flexibility index (Phi) is 4.79. The number of alkyl halides is 2. The molecule has 4 nitrogen and oxygen atoms in total. The van der Waals surface area contributed by atoms with E-state index in [-0.39, 0.29) is 0 Å². The van der Waals surface area contributed by atoms with Crippen molar-refractivity contribution in [1.82, 2.24) is 0 Å². The molecule has 0 rings (SSSR count). The summed E-state index contributed by atoms with van der Waals surface area (Å²) in [5.74, 6) is -0.960. The fourth-order valence-corrected chi connectivity index (χ4v) is 0.570. The molecule has 1 unspecified atom stereocenters. The van der Waals surface area contributed by atoms with Gasteiger partial charge >= 0.3 is 5.97 Å². The topological polar surface area (TPSA) is 55.7 Å². The minimum atomic E-state index is -2.70. The molecule has 0 radical (unpaired) electrons. The van der Waals surface area contributed by atoms with E-state index in [2.05, 4.69) is 9.73 Å². The number of aliphatic imine (C=N–C) groups is 1. The summed E-state index contributed by atoms with van der Waals surface area (Å²) in [7, 11) is 1.03. The fraction of sp³-hybridized carbons (Fsp3) is 0.667. The minimum absolute atomic E-state index is 0.818. The lowest BCUT2D eigenvalue weighted by Gasteiger charge is -2.06. The van der Waals surface area contributed by atoms with Gasteiger partial charge in [0.05, 0.1) is 7.11 Å². The second-order valence-electron chi connectivity index (χ2n) is 1.89. The molecule has 0 aromatic carbocycles. The van der Waals surface area contributed by atoms with E-state index in [0.717, 1.165) is 13.2 Å². The van der Waals surface area contributed by atoms with Gasteiger partial charge in [0.25, 0.3) is 0 Å². The molecule has 0 spiro atoms. The van der Waals surface area contributed by atoms with Crippen molar-refractivity contribution in [3.05, 3.63) is 0 Å². The van der Waals surface area contributed by atoms with Crippen LogP contribution in [0, 0.1) is 0 Å². The molecule has 1 atom stereocenters. The van der Waals surface area contributed by atoms with Crippen molar-refractivity contribution in [2.75, 3.05) is 7.11 Å². The summed E-state index contributed by atoms with van der Waals surface area (Å²) >= 11 is 0. The number of isocyanates is 1. The third-order valence-electron chi connectivity index (χ3n) is 1.08. The lowest BCUT2D eigenvalue weighted by atomic mass is 10.2. The van der Waals surface area contributed by atoms with E-state index in [4.69, 9.17) is 0 Å². The number of methoxy groups -OCH3 is 1. The summed E-state index contributed by atoms with van der Waals surface area (Å²) < 4.78 is 27.5. The molecular weight excluding hydrogens is 172 g/mol. The Morgan fingerprint density at radius 2 is 2.25 bits per heavy atom. The van der Waals surface area contributed by atoms with Gasteiger partial charge in [-0.05, 0) is 0 Å². The standard InChI is InChI=1S/C6H7F2NO3/c1-12-6(11)4(9-3-10)2-5(7)8/h4-5H,2H2,1H3. The Morgan fingerprint density at radius 3 is 2.58 bits per heavy atom. The maximum absolute atomic E-state index is 11.7. The highest BCUT2D eigenvalue weighted by molar-refractivity contribution is 5.76. The highest BCUT2D eigenvalue weighted by Gasteiger charge is 2.22. The molecule has 0 aliphatic heterocycles. The molecule has 0 N–H and O–H groups in total. The SMILES string of the molecule is COC(=O)C(CC(F)F)N=C=O. The normalized spacial score (nSPS) is 12.0. The van der Waals surface area contributed by atoms with Gasteiger partial charge < -0.3 is 4.74 Å². The number of esters is 1. The van der Waals surface area contributed by atoms with Crippen LogP contribution in [0.5, 0.6) is 0 Å². The van der Waals surface area contributed by atoms with Gasteiger partial charge in [0.1, 0.15) is 0 Å². The molecule has 0 aliphatic rings. The van der Waals surface area contributed by atoms with Crippen molar-refractivity contribution in [2.24, 2.45) is 4.99 Å². The average Bonchev–Trinajstić information content (AvgIpc) is 2.01. The lowest BCUT2D eigenvalue weighted by molar-refractivity contribution is -0.143. The Labute approximate surface area is 67.2 Å². The number of ether oxygens (including phenoxy) is 1. The average molecular weight is 179 g/mol. The van der Waals surface area contributed by atoms with Gasteiger partial charge in [0.15, 0.2) is 6.04 Å². The van der Waals surface area contributed by atoms with E-state index in [9.17, 15) is 18.4 Å². The first-order valence-electron chi connectivity index (χ1n) is 3.04. The van der Waals surface area contributed by atoms with Gasteiger partial charge in [-0.15, -0.1) is 0 Å². The molecule has 0 fully saturated rings. The van der Waals surface area contributed by atoms with Crippen LogP contribution in [0.4, 0.5) is 8.78 Å². The van der Waals surface area contributed by atoms with Gasteiger partial charge in [-0.3, -0.25) is 0 Å². The van der Waals surface area contributed by atoms with Crippen LogP contribution in [0.1, 0.15) is 6.42 Å². The zero-order chi connectivity index (χ0) is 9.56. The summed E-state index contributed by atoms with van der Waals surface area (Å²) in [6.45, 7) is 0. The minimum Gasteiger partial charge on any atom is -0.467 e. The number of hydrogen-bond acceptors (Lipinski definition) is 4. The molecule has 0 aliphatic carbocycles. The van der Waals surface area contributed by atoms with Crippen molar-refractivity contribution >= 4 is 12.0 Å². The van der Waals surface area contributed by atoms with Crippen molar-refractivity contribution in [3.8, 4) is 0 Å². The number of rotatable bonds is 4. The lowest BCUT2D eigenvalue weighted by Crippen LogP contribution is -2.22. The van der Waals surface area contributed by atoms with Gasteiger partial charge in [-0.25, -0.2) is 18.4 Å². The van der Waals surface area contributed by atoms with Crippen molar-refractivity contribution in [1.29, 1.82) is 0 Å². The largest absolute Gasteiger partial charge is 0.467 e. The van der Waals surface area contributed by atoms with Crippen LogP contribution in [0.3, 0.4) is 0 Å². The maximum atomic E-state index is 11.7. The third kappa shape index (κ3) is 3.78. The number of carbonyl (C=O) groups excluding carboxylic acids is 2. The van der Waals surface area contributed by atoms with Crippen LogP contribution in [-0.2, 0) is 14.3 Å². The van der Waals surface area contributed by atoms with Crippen LogP contribution < -0.4 is 0 Å². The van der Waals surface area contributed by atoms with Crippen LogP contribution >= 0.6 is 0 Å². The monoisotopic (exact) mass is 179 g/mol. The maximum Gasteiger partial charge on any atom is 0.331 e. The Bertz CT molecular complexity index is 201. The summed E-state index contributed by atoms with van der Waals surface area (Å²) in [6, 6.07) is -1.44. The zero-order valence-corrected chi connectivity index (χ0v) is 6.29. The molecule has 6 heteroatoms. The smallest absolute Gasteiger partial charge is 0.331 e. The van der Waals surface area contributed by atoms with E-state index in [1.807, 2.05) is 0 Å². The summed E-state index contributed by atoms with van der Waals surface area (Å²) in [6.07, 6.45) is -2.49. The van der Waals surface area contributed by atoms with Crippen LogP contribution in [0.25, 0.3) is 0 Å². The van der Waals surface area contributed by atoms with E-state index in [0.29, 0.717) is 0 Å². The van der Waals surface area contributed by atoms with Crippen LogP contribution in [0.2, 0.25) is 0 Å². The van der Waals surface area contributed by atoms with Crippen molar-refractivity contribution in [2.45, 2.75) is 18.9 Å². The molecule has 12 heavy (non-hydrogen) atoms. The van der Waals surface area contributed by atoms with E-state index in [1.54, 1.807) is 0 Å². The summed E-state index contributed by atoms with van der Waals surface area (Å²) in [5.41, 5.74) is 0. The van der Waals surface area contributed by atoms with Gasteiger partial charge in [0, 0.05) is 6.42 Å². The predicted molar refractivity (Wildman–Crippen MR) is 34.5 cm³/mol. The molecule has 0 saturated carbocycles. The molecule has 0 saturated heterocycles. The molecule has 0 aromatic rings. The second kappa shape index (κ2) is 5.37. The van der Waals surface area contributed by atoms with Crippen molar-refractivity contribution in [3.63, 3.8) is 0 Å². The van der Waals surface area contributed by atoms with E-state index in [1.165, 1.54) is 0 Å².